The molecule has 26 heavy (non-hydrogen) atoms. The average Bonchev–Trinajstić information content (AvgIpc) is 2.61. The van der Waals surface area contributed by atoms with Gasteiger partial charge in [-0.05, 0) is 30.3 Å². The molecule has 0 spiro atoms. The third kappa shape index (κ3) is 6.29. The molecule has 0 aliphatic carbocycles. The van der Waals surface area contributed by atoms with Gasteiger partial charge in [-0.2, -0.15) is 0 Å². The summed E-state index contributed by atoms with van der Waals surface area (Å²) in [5.74, 6) is -1.40. The fourth-order valence-electron chi connectivity index (χ4n) is 1.89. The van der Waals surface area contributed by atoms with E-state index in [4.69, 9.17) is 39.5 Å². The van der Waals surface area contributed by atoms with Crippen molar-refractivity contribution in [2.24, 2.45) is 0 Å². The number of hydrogen-bond acceptors (Lipinski definition) is 5. The molecule has 136 valence electrons. The van der Waals surface area contributed by atoms with Crippen LogP contribution in [0.5, 0.6) is 0 Å². The van der Waals surface area contributed by atoms with E-state index in [0.717, 1.165) is 0 Å². The van der Waals surface area contributed by atoms with Crippen molar-refractivity contribution in [3.63, 3.8) is 0 Å². The molecule has 2 rings (SSSR count). The molecule has 1 amide bonds. The Labute approximate surface area is 164 Å². The lowest BCUT2D eigenvalue weighted by atomic mass is 10.1. The number of pyridine rings is 1. The fraction of sp³-hybridized carbons (Fsp3) is 0.176. The van der Waals surface area contributed by atoms with Gasteiger partial charge in [-0.25, -0.2) is 4.98 Å². The molecule has 0 atom stereocenters. The third-order valence-electron chi connectivity index (χ3n) is 3.15. The van der Waals surface area contributed by atoms with Crippen molar-refractivity contribution in [3.8, 4) is 0 Å². The minimum absolute atomic E-state index is 0.0351. The van der Waals surface area contributed by atoms with Crippen molar-refractivity contribution in [3.05, 3.63) is 57.2 Å². The summed E-state index contributed by atoms with van der Waals surface area (Å²) in [5, 5.41) is 3.39. The maximum atomic E-state index is 11.9. The molecule has 0 aliphatic heterocycles. The van der Waals surface area contributed by atoms with Crippen molar-refractivity contribution in [1.82, 2.24) is 4.98 Å². The van der Waals surface area contributed by atoms with Crippen LogP contribution in [-0.4, -0.2) is 29.3 Å². The van der Waals surface area contributed by atoms with Crippen molar-refractivity contribution in [2.45, 2.75) is 12.8 Å². The first-order valence-corrected chi connectivity index (χ1v) is 8.54. The largest absolute Gasteiger partial charge is 0.456 e. The molecule has 0 unspecified atom stereocenters. The van der Waals surface area contributed by atoms with E-state index in [9.17, 15) is 14.4 Å². The number of esters is 1. The van der Waals surface area contributed by atoms with Crippen LogP contribution in [0.1, 0.15) is 23.2 Å². The van der Waals surface area contributed by atoms with Crippen molar-refractivity contribution >= 4 is 58.3 Å². The molecule has 2 aromatic rings. The predicted octanol–water partition coefficient (Wildman–Crippen LogP) is 4.19. The van der Waals surface area contributed by atoms with E-state index < -0.39 is 18.5 Å². The van der Waals surface area contributed by atoms with Crippen LogP contribution in [0, 0.1) is 0 Å². The Hall–Kier alpha value is -2.15. The number of ketones is 1. The lowest BCUT2D eigenvalue weighted by molar-refractivity contribution is -0.147. The quantitative estimate of drug-likeness (QED) is 0.541. The molecule has 9 heteroatoms. The average molecular weight is 416 g/mol. The van der Waals surface area contributed by atoms with Gasteiger partial charge in [-0.1, -0.05) is 34.8 Å². The molecule has 1 heterocycles. The number of hydrogen-bond donors (Lipinski definition) is 1. The minimum atomic E-state index is -0.669. The number of nitrogens with zero attached hydrogens (tertiary/aromatic N) is 1. The van der Waals surface area contributed by atoms with Crippen LogP contribution in [0.2, 0.25) is 15.1 Å². The van der Waals surface area contributed by atoms with Gasteiger partial charge in [0.2, 0.25) is 0 Å². The fourth-order valence-corrected chi connectivity index (χ4v) is 2.44. The van der Waals surface area contributed by atoms with Gasteiger partial charge < -0.3 is 10.1 Å². The zero-order valence-corrected chi connectivity index (χ0v) is 15.6. The summed E-state index contributed by atoms with van der Waals surface area (Å²) in [5.41, 5.74) is 0.448. The molecular weight excluding hydrogens is 403 g/mol. The van der Waals surface area contributed by atoms with Crippen molar-refractivity contribution < 1.29 is 19.1 Å². The summed E-state index contributed by atoms with van der Waals surface area (Å²) in [7, 11) is 0. The summed E-state index contributed by atoms with van der Waals surface area (Å²) >= 11 is 17.3. The zero-order chi connectivity index (χ0) is 19.1. The van der Waals surface area contributed by atoms with E-state index >= 15 is 0 Å². The van der Waals surface area contributed by atoms with Crippen LogP contribution >= 0.6 is 34.8 Å². The van der Waals surface area contributed by atoms with Gasteiger partial charge in [0.25, 0.3) is 5.91 Å². The Morgan fingerprint density at radius 2 is 1.69 bits per heavy atom. The number of aromatic nitrogens is 1. The van der Waals surface area contributed by atoms with E-state index in [2.05, 4.69) is 10.3 Å². The molecule has 6 nitrogen and oxygen atoms in total. The molecule has 0 radical (unpaired) electrons. The maximum Gasteiger partial charge on any atom is 0.306 e. The molecule has 0 fully saturated rings. The molecule has 0 saturated carbocycles. The minimum Gasteiger partial charge on any atom is -0.456 e. The number of Topliss-reactive ketones (excluding diaryl/α,β-unsaturated/α-hetero) is 1. The highest BCUT2D eigenvalue weighted by Crippen LogP contribution is 2.22. The molecule has 1 aromatic carbocycles. The van der Waals surface area contributed by atoms with E-state index in [-0.39, 0.29) is 29.5 Å². The number of carbonyl (C=O) groups excluding carboxylic acids is 3. The van der Waals surface area contributed by atoms with Gasteiger partial charge in [0.05, 0.1) is 16.5 Å². The van der Waals surface area contributed by atoms with E-state index in [1.54, 1.807) is 24.3 Å². The maximum absolute atomic E-state index is 11.9. The Morgan fingerprint density at radius 1 is 1.00 bits per heavy atom. The number of anilines is 1. The second kappa shape index (κ2) is 9.52. The van der Waals surface area contributed by atoms with Crippen LogP contribution in [0.25, 0.3) is 0 Å². The summed E-state index contributed by atoms with van der Waals surface area (Å²) in [6.07, 6.45) is 1.14. The Bertz CT molecular complexity index is 825. The highest BCUT2D eigenvalue weighted by atomic mass is 35.5. The second-order valence-electron chi connectivity index (χ2n) is 5.12. The normalized spacial score (nSPS) is 10.3. The Kier molecular flexibility index (Phi) is 7.38. The zero-order valence-electron chi connectivity index (χ0n) is 13.3. The Balaban J connectivity index is 1.74. The number of benzene rings is 1. The van der Waals surface area contributed by atoms with Gasteiger partial charge in [-0.3, -0.25) is 14.4 Å². The standard InChI is InChI=1S/C17H13Cl3N2O4/c18-11-3-1-10(2-4-11)14(23)5-6-16(25)26-9-15(24)22-17-13(20)7-12(19)8-21-17/h1-4,7-8H,5-6,9H2,(H,21,22,24). The predicted molar refractivity (Wildman–Crippen MR) is 98.9 cm³/mol. The SMILES string of the molecule is O=C(COC(=O)CCC(=O)c1ccc(Cl)cc1)Nc1ncc(Cl)cc1Cl. The number of halogens is 3. The first kappa shape index (κ1) is 20.2. The molecule has 0 aliphatic rings. The molecule has 1 N–H and O–H groups in total. The van der Waals surface area contributed by atoms with Gasteiger partial charge in [0.15, 0.2) is 18.2 Å². The molecule has 1 aromatic heterocycles. The first-order chi connectivity index (χ1) is 12.3. The number of ether oxygens (including phenoxy) is 1. The number of amides is 1. The Morgan fingerprint density at radius 3 is 2.35 bits per heavy atom. The van der Waals surface area contributed by atoms with Crippen molar-refractivity contribution in [2.75, 3.05) is 11.9 Å². The summed E-state index contributed by atoms with van der Waals surface area (Å²) in [4.78, 5) is 39.2. The lowest BCUT2D eigenvalue weighted by Gasteiger charge is -2.07. The van der Waals surface area contributed by atoms with Gasteiger partial charge in [0.1, 0.15) is 0 Å². The van der Waals surface area contributed by atoms with Crippen LogP contribution < -0.4 is 5.32 Å². The number of nitrogens with one attached hydrogen (secondary N) is 1. The molecule has 0 saturated heterocycles. The molecule has 0 bridgehead atoms. The smallest absolute Gasteiger partial charge is 0.306 e. The van der Waals surface area contributed by atoms with Crippen LogP contribution in [0.15, 0.2) is 36.5 Å². The summed E-state index contributed by atoms with van der Waals surface area (Å²) in [6, 6.07) is 7.75. The monoisotopic (exact) mass is 414 g/mol. The molecular formula is C17H13Cl3N2O4. The van der Waals surface area contributed by atoms with Crippen LogP contribution in [0.4, 0.5) is 5.82 Å². The summed E-state index contributed by atoms with van der Waals surface area (Å²) < 4.78 is 4.82. The first-order valence-electron chi connectivity index (χ1n) is 7.40. The van der Waals surface area contributed by atoms with E-state index in [1.165, 1.54) is 12.3 Å². The van der Waals surface area contributed by atoms with E-state index in [1.807, 2.05) is 0 Å². The van der Waals surface area contributed by atoms with Crippen molar-refractivity contribution in [1.29, 1.82) is 0 Å². The topological polar surface area (TPSA) is 85.4 Å². The van der Waals surface area contributed by atoms with E-state index in [0.29, 0.717) is 15.6 Å². The highest BCUT2D eigenvalue weighted by Gasteiger charge is 2.13. The summed E-state index contributed by atoms with van der Waals surface area (Å²) in [6.45, 7) is -0.519. The van der Waals surface area contributed by atoms with Crippen LogP contribution in [0.3, 0.4) is 0 Å². The highest BCUT2D eigenvalue weighted by molar-refractivity contribution is 6.36. The van der Waals surface area contributed by atoms with Crippen LogP contribution in [-0.2, 0) is 14.3 Å². The third-order valence-corrected chi connectivity index (χ3v) is 3.90. The number of rotatable bonds is 7. The van der Waals surface area contributed by atoms with Gasteiger partial charge in [0, 0.05) is 23.2 Å². The second-order valence-corrected chi connectivity index (χ2v) is 6.40. The number of carbonyl (C=O) groups is 3. The van der Waals surface area contributed by atoms with Gasteiger partial charge >= 0.3 is 5.97 Å². The van der Waals surface area contributed by atoms with Gasteiger partial charge in [-0.15, -0.1) is 0 Å². The lowest BCUT2D eigenvalue weighted by Crippen LogP contribution is -2.21.